The van der Waals surface area contributed by atoms with E-state index in [1.165, 1.54) is 0 Å². The van der Waals surface area contributed by atoms with Gasteiger partial charge in [-0.15, -0.1) is 0 Å². The molecule has 1 saturated carbocycles. The minimum absolute atomic E-state index is 0.318. The smallest absolute Gasteiger partial charge is 0.314 e. The van der Waals surface area contributed by atoms with Gasteiger partial charge in [0.25, 0.3) is 0 Å². The maximum atomic E-state index is 12.2. The van der Waals surface area contributed by atoms with Gasteiger partial charge < -0.3 is 20.1 Å². The van der Waals surface area contributed by atoms with Gasteiger partial charge in [0.2, 0.25) is 0 Å². The Morgan fingerprint density at radius 2 is 2.00 bits per heavy atom. The molecule has 1 aromatic carbocycles. The Morgan fingerprint density at radius 3 is 2.55 bits per heavy atom. The summed E-state index contributed by atoms with van der Waals surface area (Å²) in [6.07, 6.45) is 5.81. The van der Waals surface area contributed by atoms with Gasteiger partial charge in [-0.05, 0) is 67.5 Å². The monoisotopic (exact) mass is 448 g/mol. The van der Waals surface area contributed by atoms with Gasteiger partial charge in [0.15, 0.2) is 5.82 Å². The molecule has 2 fully saturated rings. The summed E-state index contributed by atoms with van der Waals surface area (Å²) in [5.74, 6) is 0.494. The lowest BCUT2D eigenvalue weighted by Gasteiger charge is -2.40. The first-order chi connectivity index (χ1) is 15.9. The zero-order valence-electron chi connectivity index (χ0n) is 19.4. The first-order valence-corrected chi connectivity index (χ1v) is 11.8. The molecular weight excluding hydrogens is 416 g/mol. The van der Waals surface area contributed by atoms with E-state index in [9.17, 15) is 9.90 Å². The van der Waals surface area contributed by atoms with Crippen molar-refractivity contribution in [2.75, 3.05) is 30.0 Å². The summed E-state index contributed by atoms with van der Waals surface area (Å²) in [5.41, 5.74) is 2.13. The van der Waals surface area contributed by atoms with Crippen molar-refractivity contribution in [1.82, 2.24) is 4.98 Å². The van der Waals surface area contributed by atoms with Crippen LogP contribution in [0.25, 0.3) is 0 Å². The van der Waals surface area contributed by atoms with E-state index in [0.717, 1.165) is 61.8 Å². The number of carbonyl (C=O) groups is 1. The van der Waals surface area contributed by atoms with Crippen LogP contribution in [0.15, 0.2) is 36.5 Å². The summed E-state index contributed by atoms with van der Waals surface area (Å²) in [6.45, 7) is 6.71. The van der Waals surface area contributed by atoms with Crippen molar-refractivity contribution in [3.8, 4) is 6.07 Å². The second kappa shape index (κ2) is 9.80. The number of hydrogen-bond acceptors (Lipinski definition) is 6. The molecule has 0 atom stereocenters. The average molecular weight is 449 g/mol. The number of pyridine rings is 1. The molecule has 0 spiro atoms. The number of aromatic nitrogens is 1. The molecule has 0 bridgehead atoms. The van der Waals surface area contributed by atoms with Crippen LogP contribution in [0, 0.1) is 17.2 Å². The van der Waals surface area contributed by atoms with Gasteiger partial charge in [-0.1, -0.05) is 20.3 Å². The molecule has 174 valence electrons. The van der Waals surface area contributed by atoms with E-state index >= 15 is 0 Å². The Hall–Kier alpha value is -3.11. The largest absolute Gasteiger partial charge is 0.481 e. The normalized spacial score (nSPS) is 17.8. The molecule has 4 rings (SSSR count). The van der Waals surface area contributed by atoms with Crippen LogP contribution in [0.1, 0.15) is 57.1 Å². The summed E-state index contributed by atoms with van der Waals surface area (Å²) in [5, 5.41) is 22.6. The number of ether oxygens (including phenoxy) is 1. The number of nitrogens with zero attached hydrogens (tertiary/aromatic N) is 3. The van der Waals surface area contributed by atoms with Crippen LogP contribution in [-0.2, 0) is 14.9 Å². The van der Waals surface area contributed by atoms with E-state index in [1.807, 2.05) is 18.2 Å². The molecule has 2 aromatic rings. The fourth-order valence-electron chi connectivity index (χ4n) is 4.78. The van der Waals surface area contributed by atoms with E-state index in [4.69, 9.17) is 15.0 Å². The molecule has 2 N–H and O–H groups in total. The lowest BCUT2D eigenvalue weighted by atomic mass is 9.65. The van der Waals surface area contributed by atoms with Gasteiger partial charge in [-0.25, -0.2) is 4.98 Å². The molecule has 0 amide bonds. The minimum atomic E-state index is -0.853. The quantitative estimate of drug-likeness (QED) is 0.596. The molecule has 7 nitrogen and oxygen atoms in total. The first kappa shape index (κ1) is 23.1. The highest BCUT2D eigenvalue weighted by atomic mass is 16.5. The van der Waals surface area contributed by atoms with Gasteiger partial charge in [0.1, 0.15) is 0 Å². The van der Waals surface area contributed by atoms with Crippen LogP contribution < -0.4 is 10.2 Å². The Labute approximate surface area is 195 Å². The van der Waals surface area contributed by atoms with Crippen molar-refractivity contribution in [3.05, 3.63) is 47.7 Å². The van der Waals surface area contributed by atoms with Crippen LogP contribution in [0.4, 0.5) is 17.2 Å². The summed E-state index contributed by atoms with van der Waals surface area (Å²) < 4.78 is 5.60. The number of nitrogens with one attached hydrogen (secondary N) is 1. The molecular formula is C26H32N4O3. The van der Waals surface area contributed by atoms with Gasteiger partial charge in [0, 0.05) is 37.7 Å². The highest BCUT2D eigenvalue weighted by Crippen LogP contribution is 2.45. The fourth-order valence-corrected chi connectivity index (χ4v) is 4.78. The molecule has 7 heteroatoms. The van der Waals surface area contributed by atoms with Crippen LogP contribution >= 0.6 is 0 Å². The molecule has 0 radical (unpaired) electrons. The highest BCUT2D eigenvalue weighted by Gasteiger charge is 2.46. The van der Waals surface area contributed by atoms with Gasteiger partial charge in [-0.2, -0.15) is 5.26 Å². The second-order valence-corrected chi connectivity index (χ2v) is 9.54. The predicted octanol–water partition coefficient (Wildman–Crippen LogP) is 4.84. The molecule has 1 saturated heterocycles. The van der Waals surface area contributed by atoms with Crippen molar-refractivity contribution >= 4 is 23.2 Å². The third-order valence-electron chi connectivity index (χ3n) is 6.79. The molecule has 2 heterocycles. The molecule has 2 aliphatic rings. The number of hydrogen-bond donors (Lipinski definition) is 2. The molecule has 1 aliphatic carbocycles. The van der Waals surface area contributed by atoms with Crippen molar-refractivity contribution < 1.29 is 14.6 Å². The Balaban J connectivity index is 1.76. The molecule has 0 unspecified atom stereocenters. The standard InChI is InChI=1S/C26H32N4O3/c1-18(2)17-30(22-8-12-33-13-9-22)24-23(29-21-6-4-19(15-27)5-7-21)14-20(16-28-24)26(25(31)32)10-3-11-26/h4-7,14,16,18,22,29H,3,8-13,17H2,1-2H3,(H,31,32). The number of carboxylic acids is 1. The number of carboxylic acid groups (broad SMARTS) is 1. The average Bonchev–Trinajstić information content (AvgIpc) is 2.78. The van der Waals surface area contributed by atoms with E-state index in [0.29, 0.717) is 30.4 Å². The van der Waals surface area contributed by atoms with Crippen molar-refractivity contribution in [2.45, 2.75) is 57.4 Å². The van der Waals surface area contributed by atoms with E-state index in [-0.39, 0.29) is 0 Å². The van der Waals surface area contributed by atoms with Crippen LogP contribution in [0.3, 0.4) is 0 Å². The summed E-state index contributed by atoms with van der Waals surface area (Å²) in [4.78, 5) is 19.4. The third kappa shape index (κ3) is 4.81. The summed E-state index contributed by atoms with van der Waals surface area (Å²) in [6, 6.07) is 11.7. The van der Waals surface area contributed by atoms with Crippen molar-refractivity contribution in [1.29, 1.82) is 5.26 Å². The topological polar surface area (TPSA) is 98.5 Å². The van der Waals surface area contributed by atoms with Crippen LogP contribution in [0.5, 0.6) is 0 Å². The molecule has 33 heavy (non-hydrogen) atoms. The van der Waals surface area contributed by atoms with Gasteiger partial charge >= 0.3 is 5.97 Å². The van der Waals surface area contributed by atoms with Crippen molar-refractivity contribution in [2.24, 2.45) is 5.92 Å². The Morgan fingerprint density at radius 1 is 1.30 bits per heavy atom. The van der Waals surface area contributed by atoms with Gasteiger partial charge in [0.05, 0.1) is 22.7 Å². The van der Waals surface area contributed by atoms with E-state index in [1.54, 1.807) is 18.3 Å². The Kier molecular flexibility index (Phi) is 6.85. The fraction of sp³-hybridized carbons (Fsp3) is 0.500. The number of benzene rings is 1. The van der Waals surface area contributed by atoms with Crippen LogP contribution in [0.2, 0.25) is 0 Å². The lowest BCUT2D eigenvalue weighted by molar-refractivity contribution is -0.147. The van der Waals surface area contributed by atoms with Crippen LogP contribution in [-0.4, -0.2) is 41.9 Å². The maximum Gasteiger partial charge on any atom is 0.314 e. The molecule has 1 aromatic heterocycles. The zero-order valence-corrected chi connectivity index (χ0v) is 19.4. The first-order valence-electron chi connectivity index (χ1n) is 11.8. The molecule has 1 aliphatic heterocycles. The summed E-state index contributed by atoms with van der Waals surface area (Å²) >= 11 is 0. The number of aliphatic carboxylic acids is 1. The highest BCUT2D eigenvalue weighted by molar-refractivity contribution is 5.84. The third-order valence-corrected chi connectivity index (χ3v) is 6.79. The van der Waals surface area contributed by atoms with E-state index < -0.39 is 11.4 Å². The number of rotatable bonds is 8. The minimum Gasteiger partial charge on any atom is -0.481 e. The number of anilines is 3. The van der Waals surface area contributed by atoms with Gasteiger partial charge in [-0.3, -0.25) is 4.79 Å². The maximum absolute atomic E-state index is 12.2. The van der Waals surface area contributed by atoms with Crippen molar-refractivity contribution in [3.63, 3.8) is 0 Å². The SMILES string of the molecule is CC(C)CN(c1ncc(C2(C(=O)O)CCC2)cc1Nc1ccc(C#N)cc1)C1CCOCC1. The summed E-state index contributed by atoms with van der Waals surface area (Å²) in [7, 11) is 0. The Bertz CT molecular complexity index is 1020. The predicted molar refractivity (Wildman–Crippen MR) is 128 cm³/mol. The zero-order chi connectivity index (χ0) is 23.4. The number of nitriles is 1. The van der Waals surface area contributed by atoms with E-state index in [2.05, 4.69) is 30.1 Å². The second-order valence-electron chi connectivity index (χ2n) is 9.54. The lowest BCUT2D eigenvalue weighted by Crippen LogP contribution is -2.44.